The SMILES string of the molecule is CSc1cc(N)c(N)c(N)n1. The number of pyridine rings is 1. The van der Waals surface area contributed by atoms with Crippen LogP contribution in [0.1, 0.15) is 0 Å². The van der Waals surface area contributed by atoms with E-state index in [0.29, 0.717) is 17.2 Å². The molecule has 0 spiro atoms. The number of hydrogen-bond donors (Lipinski definition) is 3. The first-order valence-electron chi connectivity index (χ1n) is 3.00. The first-order chi connectivity index (χ1) is 5.15. The molecule has 0 aromatic carbocycles. The molecule has 60 valence electrons. The monoisotopic (exact) mass is 170 g/mol. The molecule has 11 heavy (non-hydrogen) atoms. The van der Waals surface area contributed by atoms with Crippen molar-refractivity contribution >= 4 is 29.0 Å². The molecule has 1 heterocycles. The number of nitrogens with two attached hydrogens (primary N) is 3. The van der Waals surface area contributed by atoms with Crippen molar-refractivity contribution in [1.82, 2.24) is 4.98 Å². The lowest BCUT2D eigenvalue weighted by Crippen LogP contribution is -2.02. The van der Waals surface area contributed by atoms with Crippen LogP contribution in [0.15, 0.2) is 11.1 Å². The third-order valence-electron chi connectivity index (χ3n) is 1.31. The topological polar surface area (TPSA) is 91.0 Å². The van der Waals surface area contributed by atoms with Gasteiger partial charge in [-0.2, -0.15) is 0 Å². The average molecular weight is 170 g/mol. The van der Waals surface area contributed by atoms with Crippen molar-refractivity contribution in [3.8, 4) is 0 Å². The van der Waals surface area contributed by atoms with Gasteiger partial charge in [-0.1, -0.05) is 0 Å². The quantitative estimate of drug-likeness (QED) is 0.535. The summed E-state index contributed by atoms with van der Waals surface area (Å²) in [5.41, 5.74) is 17.3. The van der Waals surface area contributed by atoms with Gasteiger partial charge in [0.1, 0.15) is 10.8 Å². The van der Waals surface area contributed by atoms with Crippen molar-refractivity contribution < 1.29 is 0 Å². The minimum Gasteiger partial charge on any atom is -0.397 e. The van der Waals surface area contributed by atoms with E-state index in [1.807, 2.05) is 6.26 Å². The van der Waals surface area contributed by atoms with Gasteiger partial charge in [0.25, 0.3) is 0 Å². The van der Waals surface area contributed by atoms with Crippen molar-refractivity contribution in [3.63, 3.8) is 0 Å². The molecule has 4 nitrogen and oxygen atoms in total. The number of thioether (sulfide) groups is 1. The Balaban J connectivity index is 3.21. The van der Waals surface area contributed by atoms with Crippen molar-refractivity contribution in [2.24, 2.45) is 0 Å². The summed E-state index contributed by atoms with van der Waals surface area (Å²) in [7, 11) is 0. The molecule has 0 fully saturated rings. The summed E-state index contributed by atoms with van der Waals surface area (Å²) in [4.78, 5) is 3.99. The predicted octanol–water partition coefficient (Wildman–Crippen LogP) is 0.550. The van der Waals surface area contributed by atoms with Crippen molar-refractivity contribution in [1.29, 1.82) is 0 Å². The molecule has 0 atom stereocenters. The van der Waals surface area contributed by atoms with Gasteiger partial charge in [-0.25, -0.2) is 4.98 Å². The zero-order valence-electron chi connectivity index (χ0n) is 6.16. The Morgan fingerprint density at radius 3 is 2.45 bits per heavy atom. The van der Waals surface area contributed by atoms with Gasteiger partial charge >= 0.3 is 0 Å². The van der Waals surface area contributed by atoms with Crippen LogP contribution >= 0.6 is 11.8 Å². The maximum atomic E-state index is 5.54. The summed E-state index contributed by atoms with van der Waals surface area (Å²) in [6.45, 7) is 0. The first kappa shape index (κ1) is 8.00. The Kier molecular flexibility index (Phi) is 2.09. The lowest BCUT2D eigenvalue weighted by atomic mass is 10.3. The molecular weight excluding hydrogens is 160 g/mol. The lowest BCUT2D eigenvalue weighted by Gasteiger charge is -2.04. The highest BCUT2D eigenvalue weighted by Crippen LogP contribution is 2.24. The van der Waals surface area contributed by atoms with Gasteiger partial charge in [-0.3, -0.25) is 0 Å². The summed E-state index contributed by atoms with van der Waals surface area (Å²) in [6.07, 6.45) is 1.90. The van der Waals surface area contributed by atoms with Crippen molar-refractivity contribution in [2.45, 2.75) is 5.03 Å². The highest BCUT2D eigenvalue weighted by molar-refractivity contribution is 7.98. The van der Waals surface area contributed by atoms with Crippen LogP contribution in [0.4, 0.5) is 17.2 Å². The van der Waals surface area contributed by atoms with Crippen LogP contribution in [-0.2, 0) is 0 Å². The van der Waals surface area contributed by atoms with Crippen molar-refractivity contribution in [2.75, 3.05) is 23.5 Å². The second-order valence-electron chi connectivity index (χ2n) is 2.05. The fourth-order valence-corrected chi connectivity index (χ4v) is 1.11. The Bertz CT molecular complexity index is 250. The van der Waals surface area contributed by atoms with E-state index in [1.54, 1.807) is 6.07 Å². The fraction of sp³-hybridized carbons (Fsp3) is 0.167. The van der Waals surface area contributed by atoms with E-state index in [9.17, 15) is 0 Å². The largest absolute Gasteiger partial charge is 0.397 e. The van der Waals surface area contributed by atoms with Gasteiger partial charge in [0.05, 0.1) is 11.4 Å². The molecular formula is C6H10N4S. The fourth-order valence-electron chi connectivity index (χ4n) is 0.674. The third kappa shape index (κ3) is 1.48. The van der Waals surface area contributed by atoms with E-state index >= 15 is 0 Å². The van der Waals surface area contributed by atoms with Crippen LogP contribution in [0.25, 0.3) is 0 Å². The standard InChI is InChI=1S/C6H10N4S/c1-11-4-2-3(7)5(8)6(9)10-4/h2H,8H2,1H3,(H4,7,9,10). The van der Waals surface area contributed by atoms with E-state index in [4.69, 9.17) is 17.2 Å². The van der Waals surface area contributed by atoms with Crippen LogP contribution in [0.5, 0.6) is 0 Å². The molecule has 6 N–H and O–H groups in total. The molecule has 0 unspecified atom stereocenters. The van der Waals surface area contributed by atoms with E-state index in [1.165, 1.54) is 11.8 Å². The molecule has 1 rings (SSSR count). The van der Waals surface area contributed by atoms with E-state index < -0.39 is 0 Å². The molecule has 0 bridgehead atoms. The molecule has 0 saturated heterocycles. The third-order valence-corrected chi connectivity index (χ3v) is 1.93. The molecule has 0 aliphatic carbocycles. The molecule has 0 radical (unpaired) electrons. The van der Waals surface area contributed by atoms with Gasteiger partial charge in [0.2, 0.25) is 0 Å². The summed E-state index contributed by atoms with van der Waals surface area (Å²) in [6, 6.07) is 1.70. The minimum absolute atomic E-state index is 0.300. The van der Waals surface area contributed by atoms with Crippen molar-refractivity contribution in [3.05, 3.63) is 6.07 Å². The summed E-state index contributed by atoms with van der Waals surface area (Å²) in [5, 5.41) is 0.786. The van der Waals surface area contributed by atoms with E-state index in [2.05, 4.69) is 4.98 Å². The van der Waals surface area contributed by atoms with Crippen LogP contribution in [-0.4, -0.2) is 11.2 Å². The second-order valence-corrected chi connectivity index (χ2v) is 2.88. The Labute approximate surface area is 69.2 Å². The smallest absolute Gasteiger partial charge is 0.150 e. The van der Waals surface area contributed by atoms with Crippen LogP contribution < -0.4 is 17.2 Å². The second kappa shape index (κ2) is 2.87. The number of anilines is 3. The molecule has 0 aliphatic rings. The molecule has 1 aromatic heterocycles. The highest BCUT2D eigenvalue weighted by Gasteiger charge is 2.02. The van der Waals surface area contributed by atoms with Crippen LogP contribution in [0, 0.1) is 0 Å². The lowest BCUT2D eigenvalue weighted by molar-refractivity contribution is 1.16. The van der Waals surface area contributed by atoms with Gasteiger partial charge < -0.3 is 17.2 Å². The number of hydrogen-bond acceptors (Lipinski definition) is 5. The van der Waals surface area contributed by atoms with E-state index in [-0.39, 0.29) is 0 Å². The van der Waals surface area contributed by atoms with Gasteiger partial charge in [-0.05, 0) is 12.3 Å². The highest BCUT2D eigenvalue weighted by atomic mass is 32.2. The minimum atomic E-state index is 0.300. The Morgan fingerprint density at radius 1 is 1.36 bits per heavy atom. The maximum Gasteiger partial charge on any atom is 0.150 e. The molecule has 1 aromatic rings. The molecule has 0 aliphatic heterocycles. The molecule has 0 amide bonds. The van der Waals surface area contributed by atoms with E-state index in [0.717, 1.165) is 5.03 Å². The first-order valence-corrected chi connectivity index (χ1v) is 4.23. The average Bonchev–Trinajstić information content (AvgIpc) is 1.99. The maximum absolute atomic E-state index is 5.54. The number of nitrogen functional groups attached to an aromatic ring is 3. The number of nitrogens with zero attached hydrogens (tertiary/aromatic N) is 1. The molecule has 0 saturated carbocycles. The Hall–Kier alpha value is -1.10. The zero-order chi connectivity index (χ0) is 8.43. The summed E-state index contributed by atoms with van der Waals surface area (Å²) < 4.78 is 0. The Morgan fingerprint density at radius 2 is 2.00 bits per heavy atom. The number of rotatable bonds is 1. The van der Waals surface area contributed by atoms with Gasteiger partial charge in [0, 0.05) is 0 Å². The number of aromatic nitrogens is 1. The van der Waals surface area contributed by atoms with Gasteiger partial charge in [-0.15, -0.1) is 11.8 Å². The van der Waals surface area contributed by atoms with Crippen LogP contribution in [0.3, 0.4) is 0 Å². The summed E-state index contributed by atoms with van der Waals surface area (Å²) in [5.74, 6) is 0.300. The normalized spacial score (nSPS) is 9.91. The van der Waals surface area contributed by atoms with Crippen LogP contribution in [0.2, 0.25) is 0 Å². The van der Waals surface area contributed by atoms with Gasteiger partial charge in [0.15, 0.2) is 0 Å². The summed E-state index contributed by atoms with van der Waals surface area (Å²) >= 11 is 1.48. The predicted molar refractivity (Wildman–Crippen MR) is 49.3 cm³/mol. The zero-order valence-corrected chi connectivity index (χ0v) is 6.98. The molecule has 5 heteroatoms.